The first-order chi connectivity index (χ1) is 58.8. The number of carboxylic acid groups (broad SMARTS) is 1. The van der Waals surface area contributed by atoms with Crippen LogP contribution in [0.4, 0.5) is 11.4 Å². The standard InChI is InChI=1S/C12H23NO12.C12H22O12.C11H14N3O5P.C11H13N3O.C6H14NO9P.C6H13NO5.2CH4.H3NO.2H3O5P/c14-1-3(16)10(7(19)8(20)11(22)13-23)25-12-9(21)6(18)5(17)4(2-15)24-12;13-1-3(15)10(7(18)8(19)11(21)22)24-12-9(20)6(17)5(16)4(2-14)23-12;1-8-10(12-20(17,18)19-16)11(15)14(13(8)2)9-6-4-3-5-7-9;1-8-10(12)11(15)14(13(8)2)9-6-4-3-5-7-9;8-1-2-4(9)5(10)3(6(11)15-2)7-17(13,14)16-12;7-3-5(10)4(9)2(1-8)12-6(3)11;;;1-2;2*1-5-6(2,3)4/h3-10,12,14-21,23H,1-2H2,(H,13,22);3-10,12-20H,1-2H2,(H,21,22);3-7,16H,1-2H3,(H2,12,17,18);3-7H,12H2,1-2H3;2-6,8-12H,1H2,(H2,7,13,14);2-6,8-11H,1,7H2;2*1H4;2H,1H2;2*1H,(H2,2,3,4)/t2*3?,4?,5-,6+,7?,8?,9?,10?,12-;;;2*2?,3?,4-,5-,6?;;;;;/m00..00...../s1. The van der Waals surface area contributed by atoms with Gasteiger partial charge in [-0.15, -0.1) is 18.7 Å². The molecular formula is C60H116N10O55P4. The molecule has 69 heteroatoms. The number of hydroxylamine groups is 1. The Bertz CT molecular complexity index is 4110. The molecule has 6 heterocycles. The van der Waals surface area contributed by atoms with E-state index in [1.165, 1.54) is 9.36 Å². The van der Waals surface area contributed by atoms with Gasteiger partial charge in [-0.3, -0.25) is 34.0 Å². The maximum absolute atomic E-state index is 12.3. The summed E-state index contributed by atoms with van der Waals surface area (Å²) in [6, 6.07) is 15.6. The molecule has 4 aromatic rings. The maximum Gasteiger partial charge on any atom is 0.496 e. The number of carbonyl (C=O) groups excluding carboxylic acids is 1. The van der Waals surface area contributed by atoms with E-state index in [4.69, 9.17) is 132 Å². The molecule has 1 amide bonds. The van der Waals surface area contributed by atoms with Gasteiger partial charge in [-0.1, -0.05) is 51.3 Å². The lowest BCUT2D eigenvalue weighted by Crippen LogP contribution is -2.62. The number of amides is 1. The lowest BCUT2D eigenvalue weighted by atomic mass is 9.98. The number of phosphoric acid groups is 2. The lowest BCUT2D eigenvalue weighted by Gasteiger charge is -2.42. The van der Waals surface area contributed by atoms with Crippen LogP contribution < -0.4 is 44.1 Å². The van der Waals surface area contributed by atoms with Crippen molar-refractivity contribution in [2.24, 2.45) is 25.7 Å². The Morgan fingerprint density at radius 2 is 0.806 bits per heavy atom. The van der Waals surface area contributed by atoms with Gasteiger partial charge in [0.15, 0.2) is 37.4 Å². The molecular weight excluding hydrogens is 1860 g/mol. The normalized spacial score (nSPS) is 28.1. The van der Waals surface area contributed by atoms with Crippen LogP contribution >= 0.6 is 31.1 Å². The number of carbonyl (C=O) groups is 2. The minimum Gasteiger partial charge on any atom is -0.479 e. The topological polar surface area (TPSA) is 1110 Å². The maximum atomic E-state index is 12.3. The van der Waals surface area contributed by atoms with Crippen molar-refractivity contribution < 1.29 is 263 Å². The molecule has 4 aliphatic rings. The highest BCUT2D eigenvalue weighted by Crippen LogP contribution is 2.41. The number of aliphatic carboxylic acids is 1. The summed E-state index contributed by atoms with van der Waals surface area (Å²) in [6.07, 6.45) is -44.9. The number of aliphatic hydroxyl groups is 24. The zero-order valence-corrected chi connectivity index (χ0v) is 69.5. The number of nitrogens with two attached hydrogens (primary N) is 3. The summed E-state index contributed by atoms with van der Waals surface area (Å²) in [5.41, 5.74) is 14.1. The van der Waals surface area contributed by atoms with E-state index in [0.29, 0.717) is 17.1 Å². The number of nitrogens with zero attached hydrogens (tertiary/aromatic N) is 4. The number of benzene rings is 2. The second-order valence-electron chi connectivity index (χ2n) is 25.8. The van der Waals surface area contributed by atoms with Crippen molar-refractivity contribution >= 4 is 54.4 Å². The zero-order chi connectivity index (χ0) is 98.8. The second-order valence-corrected chi connectivity index (χ2v) is 31.0. The average Bonchev–Trinajstić information content (AvgIpc) is 1.69. The molecule has 0 aliphatic carbocycles. The molecule has 8 rings (SSSR count). The molecule has 4 saturated heterocycles. The highest BCUT2D eigenvalue weighted by atomic mass is 31.2. The Kier molecular flexibility index (Phi) is 58.8. The molecule has 0 bridgehead atoms. The van der Waals surface area contributed by atoms with Crippen LogP contribution in [0.25, 0.3) is 11.4 Å². The molecule has 4 fully saturated rings. The van der Waals surface area contributed by atoms with E-state index in [1.807, 2.05) is 55.5 Å². The third-order valence-electron chi connectivity index (χ3n) is 17.4. The fourth-order valence-corrected chi connectivity index (χ4v) is 11.7. The van der Waals surface area contributed by atoms with Gasteiger partial charge in [0, 0.05) is 14.1 Å². The quantitative estimate of drug-likeness (QED) is 0.0109. The minimum atomic E-state index is -4.64. The first kappa shape index (κ1) is 127. The SMILES string of the molecule is C.C.Cc1c(N)c(=O)n(-c2ccccc2)n1C.Cc1c(NP(=O)(O)OO)c(=O)n(-c2ccccc2)n1C.NC1C(O)OC(CO)[C@H](O)[C@H]1O.NO.O=C(NO)C(O)C(O)C(O[C@@H]1OC(CO)[C@H](O)[C@@H](O)C1O)C(O)CO.O=C(O)C(O)C(O)C(O[C@@H]1OC(CO)[C@H](O)[C@@H](O)C1O)C(O)CO.O=P(O)(NC1C(O)OC(CO)[C@H](O)[C@H]1O)OO.O=P(O)(O)OO.O=P(O)(O)OO. The van der Waals surface area contributed by atoms with Crippen LogP contribution in [-0.2, 0) is 89.1 Å². The van der Waals surface area contributed by atoms with Crippen LogP contribution in [0.1, 0.15) is 26.2 Å². The summed E-state index contributed by atoms with van der Waals surface area (Å²) in [4.78, 5) is 94.0. The second kappa shape index (κ2) is 59.6. The van der Waals surface area contributed by atoms with Crippen LogP contribution in [0.5, 0.6) is 0 Å². The molecule has 0 spiro atoms. The third kappa shape index (κ3) is 38.3. The first-order valence-corrected chi connectivity index (χ1v) is 41.2. The summed E-state index contributed by atoms with van der Waals surface area (Å²) in [7, 11) is -14.8. The zero-order valence-electron chi connectivity index (χ0n) is 65.9. The number of hydrogen-bond donors (Lipinski definition) is 43. The van der Waals surface area contributed by atoms with Gasteiger partial charge in [0.05, 0.1) is 74.5 Å². The van der Waals surface area contributed by atoms with Crippen molar-refractivity contribution in [3.63, 3.8) is 0 Å². The van der Waals surface area contributed by atoms with Gasteiger partial charge < -0.3 is 202 Å². The number of ether oxygens (including phenoxy) is 6. The Hall–Kier alpha value is -6.04. The molecule has 65 nitrogen and oxygen atoms in total. The molecule has 2 aromatic carbocycles. The van der Waals surface area contributed by atoms with Crippen molar-refractivity contribution in [1.29, 1.82) is 0 Å². The van der Waals surface area contributed by atoms with Gasteiger partial charge in [-0.05, 0) is 38.1 Å². The summed E-state index contributed by atoms with van der Waals surface area (Å²) >= 11 is 0. The summed E-state index contributed by atoms with van der Waals surface area (Å²) in [6.45, 7) is -1.22. The number of para-hydroxylation sites is 2. The number of nitrogen functional groups attached to an aromatic ring is 1. The average molecular weight is 1980 g/mol. The van der Waals surface area contributed by atoms with Crippen molar-refractivity contribution in [2.75, 3.05) is 50.5 Å². The lowest BCUT2D eigenvalue weighted by molar-refractivity contribution is -0.326. The van der Waals surface area contributed by atoms with Gasteiger partial charge in [0.25, 0.3) is 17.0 Å². The fourth-order valence-electron chi connectivity index (χ4n) is 10.4. The smallest absolute Gasteiger partial charge is 0.479 e. The number of anilines is 2. The molecule has 0 radical (unpaired) electrons. The Morgan fingerprint density at radius 3 is 1.12 bits per heavy atom. The van der Waals surface area contributed by atoms with E-state index < -0.39 is 260 Å². The summed E-state index contributed by atoms with van der Waals surface area (Å²) in [5, 5.41) is 284. The van der Waals surface area contributed by atoms with Crippen LogP contribution in [0.15, 0.2) is 70.3 Å². The Labute approximate surface area is 725 Å². The molecule has 46 N–H and O–H groups in total. The predicted molar refractivity (Wildman–Crippen MR) is 417 cm³/mol. The monoisotopic (exact) mass is 1980 g/mol. The fraction of sp³-hybridized carbons (Fsp3) is 0.667. The molecule has 756 valence electrons. The van der Waals surface area contributed by atoms with Gasteiger partial charge in [-0.2, -0.15) is 0 Å². The first-order valence-electron chi connectivity index (χ1n) is 35.0. The van der Waals surface area contributed by atoms with Gasteiger partial charge >= 0.3 is 37.1 Å². The Morgan fingerprint density at radius 1 is 0.481 bits per heavy atom. The molecule has 30 atom stereocenters. The van der Waals surface area contributed by atoms with Gasteiger partial charge in [0.1, 0.15) is 133 Å². The number of aliphatic hydroxyl groups excluding tert-OH is 24. The van der Waals surface area contributed by atoms with Gasteiger partial charge in [-0.25, -0.2) is 69.9 Å². The number of rotatable bonds is 28. The van der Waals surface area contributed by atoms with Crippen LogP contribution in [-0.4, -0.2) is 430 Å². The number of nitrogens with one attached hydrogen (secondary N) is 3. The van der Waals surface area contributed by atoms with E-state index in [0.717, 1.165) is 16.9 Å². The van der Waals surface area contributed by atoms with E-state index >= 15 is 0 Å². The predicted octanol–water partition coefficient (Wildman–Crippen LogP) is -15.9. The highest BCUT2D eigenvalue weighted by molar-refractivity contribution is 7.54. The van der Waals surface area contributed by atoms with E-state index in [2.05, 4.69) is 29.3 Å². The van der Waals surface area contributed by atoms with Crippen molar-refractivity contribution in [2.45, 2.75) is 200 Å². The summed E-state index contributed by atoms with van der Waals surface area (Å²) in [5.74, 6) is 0.218. The van der Waals surface area contributed by atoms with Crippen LogP contribution in [0.2, 0.25) is 0 Å². The third-order valence-corrected chi connectivity index (χ3v) is 19.4. The number of hydrogen-bond acceptors (Lipinski definition) is 51. The highest BCUT2D eigenvalue weighted by Gasteiger charge is 2.51. The number of carboxylic acids is 1. The molecule has 129 heavy (non-hydrogen) atoms. The van der Waals surface area contributed by atoms with Gasteiger partial charge in [0.2, 0.25) is 0 Å². The molecule has 20 unspecified atom stereocenters. The van der Waals surface area contributed by atoms with E-state index in [1.54, 1.807) is 52.7 Å². The van der Waals surface area contributed by atoms with E-state index in [-0.39, 0.29) is 26.1 Å². The molecule has 2 aromatic heterocycles. The van der Waals surface area contributed by atoms with Crippen LogP contribution in [0, 0.1) is 13.8 Å². The summed E-state index contributed by atoms with van der Waals surface area (Å²) < 4.78 is 88.2. The van der Waals surface area contributed by atoms with Crippen molar-refractivity contribution in [3.8, 4) is 11.4 Å². The largest absolute Gasteiger partial charge is 0.496 e. The Balaban J connectivity index is -0.00000144. The van der Waals surface area contributed by atoms with Crippen LogP contribution in [0.3, 0.4) is 0 Å². The minimum absolute atomic E-state index is 0. The molecule has 4 aliphatic heterocycles. The van der Waals surface area contributed by atoms with Crippen molar-refractivity contribution in [3.05, 3.63) is 92.8 Å². The van der Waals surface area contributed by atoms with Crippen molar-refractivity contribution in [1.82, 2.24) is 29.3 Å². The van der Waals surface area contributed by atoms with E-state index in [9.17, 15) is 129 Å². The molecule has 0 saturated carbocycles. The number of aromatic nitrogens is 4.